The fourth-order valence-electron chi connectivity index (χ4n) is 2.40. The van der Waals surface area contributed by atoms with Gasteiger partial charge in [-0.25, -0.2) is 0 Å². The number of carbonyl (C=O) groups excluding carboxylic acids is 1. The molecule has 3 aromatic rings. The van der Waals surface area contributed by atoms with Gasteiger partial charge in [0.15, 0.2) is 0 Å². The maximum absolute atomic E-state index is 12.6. The van der Waals surface area contributed by atoms with Gasteiger partial charge in [-0.1, -0.05) is 11.6 Å². The number of carbonyl (C=O) groups is 1. The third-order valence-electron chi connectivity index (χ3n) is 3.68. The summed E-state index contributed by atoms with van der Waals surface area (Å²) in [4.78, 5) is 23.3. The van der Waals surface area contributed by atoms with E-state index in [1.165, 1.54) is 36.6 Å². The van der Waals surface area contributed by atoms with Crippen LogP contribution >= 0.6 is 22.9 Å². The number of hydrogen-bond donors (Lipinski definition) is 1. The van der Waals surface area contributed by atoms with E-state index in [0.717, 1.165) is 10.1 Å². The maximum Gasteiger partial charge on any atom is 0.273 e. The maximum atomic E-state index is 12.6. The van der Waals surface area contributed by atoms with Gasteiger partial charge >= 0.3 is 0 Å². The minimum atomic E-state index is -0.537. The highest BCUT2D eigenvalue weighted by Gasteiger charge is 2.20. The van der Waals surface area contributed by atoms with E-state index in [9.17, 15) is 14.9 Å². The Morgan fingerprint density at radius 3 is 2.62 bits per heavy atom. The van der Waals surface area contributed by atoms with Gasteiger partial charge in [-0.05, 0) is 24.3 Å². The van der Waals surface area contributed by atoms with Crippen LogP contribution in [0.1, 0.15) is 9.67 Å². The standard InChI is InChI=1S/C17H13ClN2O5S/c1-24-10-4-6-14-11(8-10)15(18)16(26-14)17(21)19-12-5-3-9(20(22)23)7-13(12)25-2/h3-8H,1-2H3,(H,19,21). The number of rotatable bonds is 5. The first-order chi connectivity index (χ1) is 12.4. The number of nitrogens with one attached hydrogen (secondary N) is 1. The third-order valence-corrected chi connectivity index (χ3v) is 5.36. The molecule has 0 saturated carbocycles. The van der Waals surface area contributed by atoms with E-state index >= 15 is 0 Å². The number of nitro benzene ring substituents is 1. The zero-order valence-electron chi connectivity index (χ0n) is 13.7. The van der Waals surface area contributed by atoms with E-state index in [-0.39, 0.29) is 11.4 Å². The summed E-state index contributed by atoms with van der Waals surface area (Å²) in [5.74, 6) is 0.398. The van der Waals surface area contributed by atoms with Crippen molar-refractivity contribution >= 4 is 50.3 Å². The summed E-state index contributed by atoms with van der Waals surface area (Å²) < 4.78 is 11.1. The number of thiophene rings is 1. The van der Waals surface area contributed by atoms with Gasteiger partial charge in [0.25, 0.3) is 11.6 Å². The molecule has 0 saturated heterocycles. The number of benzene rings is 2. The molecule has 9 heteroatoms. The van der Waals surface area contributed by atoms with Crippen molar-refractivity contribution in [1.82, 2.24) is 0 Å². The molecule has 1 aromatic heterocycles. The molecule has 0 unspecified atom stereocenters. The molecule has 0 aliphatic carbocycles. The monoisotopic (exact) mass is 392 g/mol. The number of amides is 1. The van der Waals surface area contributed by atoms with Crippen LogP contribution in [0.15, 0.2) is 36.4 Å². The summed E-state index contributed by atoms with van der Waals surface area (Å²) in [5, 5.41) is 14.6. The van der Waals surface area contributed by atoms with Crippen molar-refractivity contribution in [2.24, 2.45) is 0 Å². The van der Waals surface area contributed by atoms with E-state index in [2.05, 4.69) is 5.32 Å². The van der Waals surface area contributed by atoms with E-state index in [1.807, 2.05) is 6.07 Å². The summed E-state index contributed by atoms with van der Waals surface area (Å²) in [6.07, 6.45) is 0. The zero-order chi connectivity index (χ0) is 18.8. The Morgan fingerprint density at radius 2 is 1.96 bits per heavy atom. The van der Waals surface area contributed by atoms with Crippen molar-refractivity contribution in [1.29, 1.82) is 0 Å². The Morgan fingerprint density at radius 1 is 1.19 bits per heavy atom. The second-order valence-electron chi connectivity index (χ2n) is 5.20. The van der Waals surface area contributed by atoms with E-state index in [1.54, 1.807) is 19.2 Å². The third kappa shape index (κ3) is 3.29. The smallest absolute Gasteiger partial charge is 0.273 e. The molecule has 0 fully saturated rings. The van der Waals surface area contributed by atoms with E-state index in [0.29, 0.717) is 21.3 Å². The summed E-state index contributed by atoms with van der Waals surface area (Å²) in [5.41, 5.74) is 0.182. The second-order valence-corrected chi connectivity index (χ2v) is 6.63. The zero-order valence-corrected chi connectivity index (χ0v) is 15.3. The Bertz CT molecular complexity index is 1020. The van der Waals surface area contributed by atoms with Gasteiger partial charge in [-0.2, -0.15) is 0 Å². The molecular formula is C17H13ClN2O5S. The van der Waals surface area contributed by atoms with Crippen LogP contribution in [0.25, 0.3) is 10.1 Å². The molecule has 1 heterocycles. The van der Waals surface area contributed by atoms with Crippen LogP contribution in [0.3, 0.4) is 0 Å². The number of anilines is 1. The fourth-order valence-corrected chi connectivity index (χ4v) is 3.78. The lowest BCUT2D eigenvalue weighted by Gasteiger charge is -2.09. The molecular weight excluding hydrogens is 380 g/mol. The predicted octanol–water partition coefficient (Wildman–Crippen LogP) is 4.73. The van der Waals surface area contributed by atoms with Crippen LogP contribution in [0, 0.1) is 10.1 Å². The van der Waals surface area contributed by atoms with Crippen LogP contribution in [0.5, 0.6) is 11.5 Å². The number of nitrogens with zero attached hydrogens (tertiary/aromatic N) is 1. The van der Waals surface area contributed by atoms with Gasteiger partial charge < -0.3 is 14.8 Å². The average Bonchev–Trinajstić information content (AvgIpc) is 2.98. The molecule has 7 nitrogen and oxygen atoms in total. The first-order valence-corrected chi connectivity index (χ1v) is 8.54. The van der Waals surface area contributed by atoms with Gasteiger partial charge in [0.05, 0.1) is 35.9 Å². The molecule has 2 aromatic carbocycles. The number of methoxy groups -OCH3 is 2. The lowest BCUT2D eigenvalue weighted by Crippen LogP contribution is -2.11. The van der Waals surface area contributed by atoms with Crippen molar-refractivity contribution in [3.8, 4) is 11.5 Å². The Balaban J connectivity index is 1.94. The number of hydrogen-bond acceptors (Lipinski definition) is 6. The molecule has 0 bridgehead atoms. The Labute approximate surface area is 157 Å². The highest BCUT2D eigenvalue weighted by atomic mass is 35.5. The van der Waals surface area contributed by atoms with Crippen LogP contribution in [-0.2, 0) is 0 Å². The summed E-state index contributed by atoms with van der Waals surface area (Å²) in [6, 6.07) is 9.32. The van der Waals surface area contributed by atoms with Crippen LogP contribution in [0.4, 0.5) is 11.4 Å². The summed E-state index contributed by atoms with van der Waals surface area (Å²) in [7, 11) is 2.92. The second kappa shape index (κ2) is 7.19. The van der Waals surface area contributed by atoms with Gasteiger partial charge in [0.2, 0.25) is 0 Å². The first kappa shape index (κ1) is 18.0. The molecule has 3 rings (SSSR count). The first-order valence-electron chi connectivity index (χ1n) is 7.34. The molecule has 1 N–H and O–H groups in total. The minimum absolute atomic E-state index is 0.133. The number of ether oxygens (including phenoxy) is 2. The van der Waals surface area contributed by atoms with Gasteiger partial charge in [0.1, 0.15) is 16.4 Å². The van der Waals surface area contributed by atoms with Gasteiger partial charge in [-0.3, -0.25) is 14.9 Å². The van der Waals surface area contributed by atoms with Crippen molar-refractivity contribution in [2.75, 3.05) is 19.5 Å². The fraction of sp³-hybridized carbons (Fsp3) is 0.118. The van der Waals surface area contributed by atoms with Gasteiger partial charge in [-0.15, -0.1) is 11.3 Å². The SMILES string of the molecule is COc1ccc2sc(C(=O)Nc3ccc([N+](=O)[O-])cc3OC)c(Cl)c2c1. The highest BCUT2D eigenvalue weighted by Crippen LogP contribution is 2.38. The van der Waals surface area contributed by atoms with Crippen molar-refractivity contribution in [3.05, 3.63) is 56.4 Å². The minimum Gasteiger partial charge on any atom is -0.497 e. The van der Waals surface area contributed by atoms with Crippen LogP contribution < -0.4 is 14.8 Å². The quantitative estimate of drug-likeness (QED) is 0.500. The van der Waals surface area contributed by atoms with Gasteiger partial charge in [0, 0.05) is 16.2 Å². The number of non-ortho nitro benzene ring substituents is 1. The van der Waals surface area contributed by atoms with Crippen LogP contribution in [-0.4, -0.2) is 25.1 Å². The normalized spacial score (nSPS) is 10.6. The number of halogens is 1. The Hall–Kier alpha value is -2.84. The molecule has 0 aliphatic heterocycles. The molecule has 0 atom stereocenters. The largest absolute Gasteiger partial charge is 0.497 e. The highest BCUT2D eigenvalue weighted by molar-refractivity contribution is 7.21. The molecule has 0 radical (unpaired) electrons. The summed E-state index contributed by atoms with van der Waals surface area (Å²) >= 11 is 7.60. The summed E-state index contributed by atoms with van der Waals surface area (Å²) in [6.45, 7) is 0. The number of nitro groups is 1. The molecule has 134 valence electrons. The van der Waals surface area contributed by atoms with Crippen molar-refractivity contribution in [3.63, 3.8) is 0 Å². The van der Waals surface area contributed by atoms with E-state index in [4.69, 9.17) is 21.1 Å². The predicted molar refractivity (Wildman–Crippen MR) is 101 cm³/mol. The lowest BCUT2D eigenvalue weighted by atomic mass is 10.2. The molecule has 1 amide bonds. The van der Waals surface area contributed by atoms with Crippen molar-refractivity contribution < 1.29 is 19.2 Å². The molecule has 0 aliphatic rings. The average molecular weight is 393 g/mol. The molecule has 26 heavy (non-hydrogen) atoms. The van der Waals surface area contributed by atoms with Crippen LogP contribution in [0.2, 0.25) is 5.02 Å². The topological polar surface area (TPSA) is 90.7 Å². The van der Waals surface area contributed by atoms with Crippen molar-refractivity contribution in [2.45, 2.75) is 0 Å². The molecule has 0 spiro atoms. The Kier molecular flexibility index (Phi) is 4.97. The number of fused-ring (bicyclic) bond motifs is 1. The lowest BCUT2D eigenvalue weighted by molar-refractivity contribution is -0.384. The van der Waals surface area contributed by atoms with E-state index < -0.39 is 10.8 Å².